The van der Waals surface area contributed by atoms with Crippen molar-refractivity contribution in [3.8, 4) is 5.75 Å². The molecule has 7 heteroatoms. The van der Waals surface area contributed by atoms with E-state index in [9.17, 15) is 15.2 Å². The van der Waals surface area contributed by atoms with Crippen molar-refractivity contribution in [2.45, 2.75) is 13.0 Å². The molecule has 0 amide bonds. The summed E-state index contributed by atoms with van der Waals surface area (Å²) in [7, 11) is 1.52. The van der Waals surface area contributed by atoms with Crippen LogP contribution in [0.3, 0.4) is 0 Å². The molecular weight excluding hydrogens is 286 g/mol. The van der Waals surface area contributed by atoms with Gasteiger partial charge in [0.1, 0.15) is 5.75 Å². The number of ether oxygens (including phenoxy) is 1. The Morgan fingerprint density at radius 3 is 2.86 bits per heavy atom. The zero-order valence-electron chi connectivity index (χ0n) is 12.3. The second kappa shape index (κ2) is 6.86. The maximum Gasteiger partial charge on any atom is 0.311 e. The highest BCUT2D eigenvalue weighted by Gasteiger charge is 2.18. The molecule has 1 atom stereocenters. The number of benzene rings is 1. The smallest absolute Gasteiger partial charge is 0.311 e. The number of aliphatic hydroxyl groups is 1. The maximum atomic E-state index is 11.0. The molecule has 1 aromatic carbocycles. The number of pyridine rings is 1. The van der Waals surface area contributed by atoms with E-state index in [-0.39, 0.29) is 18.1 Å². The van der Waals surface area contributed by atoms with Crippen LogP contribution >= 0.6 is 0 Å². The van der Waals surface area contributed by atoms with Gasteiger partial charge in [0, 0.05) is 24.4 Å². The van der Waals surface area contributed by atoms with Crippen LogP contribution in [0, 0.1) is 17.0 Å². The summed E-state index contributed by atoms with van der Waals surface area (Å²) < 4.78 is 5.18. The van der Waals surface area contributed by atoms with Crippen molar-refractivity contribution >= 4 is 11.5 Å². The Labute approximate surface area is 127 Å². The van der Waals surface area contributed by atoms with E-state index < -0.39 is 11.0 Å². The van der Waals surface area contributed by atoms with Crippen molar-refractivity contribution < 1.29 is 14.8 Å². The molecule has 0 bridgehead atoms. The SMILES string of the molecule is COc1ccccc1[C@@H](O)CNc1ncc(C)cc1[N+](=O)[O-]. The van der Waals surface area contributed by atoms with Crippen molar-refractivity contribution in [3.63, 3.8) is 0 Å². The Morgan fingerprint density at radius 2 is 2.18 bits per heavy atom. The third-order valence-electron chi connectivity index (χ3n) is 3.16. The zero-order chi connectivity index (χ0) is 16.1. The van der Waals surface area contributed by atoms with E-state index >= 15 is 0 Å². The van der Waals surface area contributed by atoms with E-state index in [2.05, 4.69) is 10.3 Å². The van der Waals surface area contributed by atoms with E-state index in [0.29, 0.717) is 16.9 Å². The van der Waals surface area contributed by atoms with Gasteiger partial charge in [-0.05, 0) is 18.6 Å². The fraction of sp³-hybridized carbons (Fsp3) is 0.267. The number of methoxy groups -OCH3 is 1. The highest BCUT2D eigenvalue weighted by Crippen LogP contribution is 2.27. The number of aryl methyl sites for hydroxylation is 1. The topological polar surface area (TPSA) is 97.5 Å². The number of para-hydroxylation sites is 1. The summed E-state index contributed by atoms with van der Waals surface area (Å²) in [6.07, 6.45) is 0.656. The lowest BCUT2D eigenvalue weighted by atomic mass is 10.1. The third kappa shape index (κ3) is 3.50. The van der Waals surface area contributed by atoms with Gasteiger partial charge in [-0.25, -0.2) is 4.98 Å². The minimum atomic E-state index is -0.876. The highest BCUT2D eigenvalue weighted by atomic mass is 16.6. The number of aliphatic hydroxyl groups excluding tert-OH is 1. The van der Waals surface area contributed by atoms with Crippen LogP contribution < -0.4 is 10.1 Å². The summed E-state index contributed by atoms with van der Waals surface area (Å²) in [4.78, 5) is 14.5. The molecule has 22 heavy (non-hydrogen) atoms. The monoisotopic (exact) mass is 303 g/mol. The molecule has 0 fully saturated rings. The normalized spacial score (nSPS) is 11.8. The average molecular weight is 303 g/mol. The van der Waals surface area contributed by atoms with Gasteiger partial charge in [-0.15, -0.1) is 0 Å². The Bertz CT molecular complexity index is 676. The first kappa shape index (κ1) is 15.7. The molecule has 2 aromatic rings. The van der Waals surface area contributed by atoms with Crippen LogP contribution in [-0.2, 0) is 0 Å². The molecular formula is C15H17N3O4. The van der Waals surface area contributed by atoms with Gasteiger partial charge in [-0.3, -0.25) is 10.1 Å². The van der Waals surface area contributed by atoms with Gasteiger partial charge in [-0.1, -0.05) is 18.2 Å². The molecule has 0 aliphatic heterocycles. The van der Waals surface area contributed by atoms with E-state index in [1.54, 1.807) is 31.2 Å². The van der Waals surface area contributed by atoms with Crippen LogP contribution in [0.1, 0.15) is 17.2 Å². The first-order chi connectivity index (χ1) is 10.5. The molecule has 0 aliphatic carbocycles. The van der Waals surface area contributed by atoms with E-state index in [1.807, 2.05) is 0 Å². The number of nitrogens with zero attached hydrogens (tertiary/aromatic N) is 2. The van der Waals surface area contributed by atoms with Crippen LogP contribution in [0.2, 0.25) is 0 Å². The molecule has 1 aromatic heterocycles. The van der Waals surface area contributed by atoms with E-state index in [1.165, 1.54) is 19.4 Å². The summed E-state index contributed by atoms with van der Waals surface area (Å²) in [6.45, 7) is 1.81. The third-order valence-corrected chi connectivity index (χ3v) is 3.16. The molecule has 7 nitrogen and oxygen atoms in total. The Hall–Kier alpha value is -2.67. The molecule has 1 heterocycles. The summed E-state index contributed by atoms with van der Waals surface area (Å²) >= 11 is 0. The standard InChI is InChI=1S/C15H17N3O4/c1-10-7-12(18(20)21)15(16-8-10)17-9-13(19)11-5-3-4-6-14(11)22-2/h3-8,13,19H,9H2,1-2H3,(H,16,17)/t13-/m0/s1. The number of nitro groups is 1. The van der Waals surface area contributed by atoms with Gasteiger partial charge < -0.3 is 15.2 Å². The number of rotatable bonds is 6. The van der Waals surface area contributed by atoms with Gasteiger partial charge in [0.15, 0.2) is 0 Å². The maximum absolute atomic E-state index is 11.0. The van der Waals surface area contributed by atoms with E-state index in [0.717, 1.165) is 0 Å². The van der Waals surface area contributed by atoms with Crippen molar-refractivity contribution in [2.75, 3.05) is 19.0 Å². The van der Waals surface area contributed by atoms with Crippen LogP contribution in [0.15, 0.2) is 36.5 Å². The Morgan fingerprint density at radius 1 is 1.45 bits per heavy atom. The largest absolute Gasteiger partial charge is 0.496 e. The van der Waals surface area contributed by atoms with Crippen molar-refractivity contribution in [3.05, 3.63) is 57.8 Å². The molecule has 2 rings (SSSR count). The lowest BCUT2D eigenvalue weighted by molar-refractivity contribution is -0.384. The number of hydrogen-bond donors (Lipinski definition) is 2. The summed E-state index contributed by atoms with van der Waals surface area (Å²) in [6, 6.07) is 8.50. The molecule has 116 valence electrons. The van der Waals surface area contributed by atoms with Gasteiger partial charge in [0.2, 0.25) is 5.82 Å². The van der Waals surface area contributed by atoms with Gasteiger partial charge in [-0.2, -0.15) is 0 Å². The molecule has 0 aliphatic rings. The van der Waals surface area contributed by atoms with Gasteiger partial charge in [0.05, 0.1) is 18.1 Å². The predicted octanol–water partition coefficient (Wildman–Crippen LogP) is 2.45. The minimum absolute atomic E-state index is 0.0806. The average Bonchev–Trinajstić information content (AvgIpc) is 2.53. The highest BCUT2D eigenvalue weighted by molar-refractivity contribution is 5.56. The van der Waals surface area contributed by atoms with Crippen LogP contribution in [0.25, 0.3) is 0 Å². The Kier molecular flexibility index (Phi) is 4.90. The first-order valence-corrected chi connectivity index (χ1v) is 6.68. The van der Waals surface area contributed by atoms with Gasteiger partial charge in [0.25, 0.3) is 0 Å². The van der Waals surface area contributed by atoms with Gasteiger partial charge >= 0.3 is 5.69 Å². The van der Waals surface area contributed by atoms with Crippen LogP contribution in [0.4, 0.5) is 11.5 Å². The lowest BCUT2D eigenvalue weighted by Crippen LogP contribution is -2.14. The molecule has 0 radical (unpaired) electrons. The summed E-state index contributed by atoms with van der Waals surface area (Å²) in [5.74, 6) is 0.688. The lowest BCUT2D eigenvalue weighted by Gasteiger charge is -2.15. The molecule has 0 spiro atoms. The summed E-state index contributed by atoms with van der Waals surface area (Å²) in [5, 5.41) is 24.1. The number of anilines is 1. The van der Waals surface area contributed by atoms with Crippen molar-refractivity contribution in [1.82, 2.24) is 4.98 Å². The molecule has 2 N–H and O–H groups in total. The number of hydrogen-bond acceptors (Lipinski definition) is 6. The van der Waals surface area contributed by atoms with Crippen LogP contribution in [-0.4, -0.2) is 28.7 Å². The second-order valence-corrected chi connectivity index (χ2v) is 4.78. The quantitative estimate of drug-likeness (QED) is 0.628. The van der Waals surface area contributed by atoms with Crippen molar-refractivity contribution in [1.29, 1.82) is 0 Å². The van der Waals surface area contributed by atoms with E-state index in [4.69, 9.17) is 4.74 Å². The number of aromatic nitrogens is 1. The first-order valence-electron chi connectivity index (χ1n) is 6.68. The molecule has 0 saturated carbocycles. The fourth-order valence-electron chi connectivity index (χ4n) is 2.07. The Balaban J connectivity index is 2.14. The van der Waals surface area contributed by atoms with Crippen molar-refractivity contribution in [2.24, 2.45) is 0 Å². The minimum Gasteiger partial charge on any atom is -0.496 e. The fourth-order valence-corrected chi connectivity index (χ4v) is 2.07. The van der Waals surface area contributed by atoms with Crippen LogP contribution in [0.5, 0.6) is 5.75 Å². The summed E-state index contributed by atoms with van der Waals surface area (Å²) in [5.41, 5.74) is 1.18. The predicted molar refractivity (Wildman–Crippen MR) is 82.1 cm³/mol. The molecule has 0 saturated heterocycles. The molecule has 0 unspecified atom stereocenters. The number of nitrogens with one attached hydrogen (secondary N) is 1. The second-order valence-electron chi connectivity index (χ2n) is 4.78. The zero-order valence-corrected chi connectivity index (χ0v) is 12.3.